The molecule has 8 heteroatoms. The number of hydrogen-bond donors (Lipinski definition) is 2. The van der Waals surface area contributed by atoms with Crippen LogP contribution in [0.3, 0.4) is 0 Å². The van der Waals surface area contributed by atoms with Gasteiger partial charge in [-0.05, 0) is 30.5 Å². The standard InChI is InChI=1S/C14H16N6O2/c15-19-12-7-6-11(8-13(12)22-9-17-20-16)18-14(21)10-4-2-1-3-5-10/h1-2,4,6-7,13,15H,3,5,8-9H2,(H,18,21). The third-order valence-corrected chi connectivity index (χ3v) is 3.30. The van der Waals surface area contributed by atoms with Gasteiger partial charge in [0, 0.05) is 22.6 Å². The molecule has 22 heavy (non-hydrogen) atoms. The van der Waals surface area contributed by atoms with Crippen LogP contribution in [0.4, 0.5) is 0 Å². The lowest BCUT2D eigenvalue weighted by atomic mass is 10.0. The minimum Gasteiger partial charge on any atom is -0.365 e. The molecule has 0 aromatic carbocycles. The Kier molecular flexibility index (Phi) is 5.65. The fraction of sp³-hybridized carbons (Fsp3) is 0.357. The number of ether oxygens (including phenoxy) is 1. The molecule has 0 radical (unpaired) electrons. The summed E-state index contributed by atoms with van der Waals surface area (Å²) in [5.74, 6) is -0.135. The van der Waals surface area contributed by atoms with Crippen LogP contribution >= 0.6 is 0 Å². The van der Waals surface area contributed by atoms with Crippen molar-refractivity contribution in [3.05, 3.63) is 57.8 Å². The van der Waals surface area contributed by atoms with Crippen LogP contribution < -0.4 is 5.32 Å². The van der Waals surface area contributed by atoms with Crippen LogP contribution in [-0.4, -0.2) is 18.7 Å². The average Bonchev–Trinajstić information content (AvgIpc) is 2.56. The first-order chi connectivity index (χ1) is 10.7. The van der Waals surface area contributed by atoms with Gasteiger partial charge >= 0.3 is 0 Å². The molecule has 0 fully saturated rings. The van der Waals surface area contributed by atoms with Crippen LogP contribution in [-0.2, 0) is 9.53 Å². The van der Waals surface area contributed by atoms with Gasteiger partial charge in [0.1, 0.15) is 12.8 Å². The van der Waals surface area contributed by atoms with Crippen LogP contribution in [0.5, 0.6) is 0 Å². The van der Waals surface area contributed by atoms with Gasteiger partial charge in [-0.1, -0.05) is 23.3 Å². The number of carbonyl (C=O) groups excluding carboxylic acids is 1. The monoisotopic (exact) mass is 300 g/mol. The number of allylic oxidation sites excluding steroid dienone is 5. The fourth-order valence-corrected chi connectivity index (χ4v) is 2.18. The number of nitrogens with zero attached hydrogens (tertiary/aromatic N) is 4. The van der Waals surface area contributed by atoms with Crippen molar-refractivity contribution in [1.29, 1.82) is 5.53 Å². The summed E-state index contributed by atoms with van der Waals surface area (Å²) in [5.41, 5.74) is 17.2. The van der Waals surface area contributed by atoms with Crippen molar-refractivity contribution in [1.82, 2.24) is 5.32 Å². The highest BCUT2D eigenvalue weighted by Crippen LogP contribution is 2.22. The molecule has 1 atom stereocenters. The van der Waals surface area contributed by atoms with Crippen LogP contribution in [0.2, 0.25) is 0 Å². The number of azide groups is 1. The number of hydrogen-bond acceptors (Lipinski definition) is 5. The second-order valence-electron chi connectivity index (χ2n) is 4.73. The highest BCUT2D eigenvalue weighted by molar-refractivity contribution is 5.95. The lowest BCUT2D eigenvalue weighted by Crippen LogP contribution is -2.29. The zero-order chi connectivity index (χ0) is 15.8. The Morgan fingerprint density at radius 1 is 1.50 bits per heavy atom. The van der Waals surface area contributed by atoms with E-state index in [4.69, 9.17) is 15.8 Å². The van der Waals surface area contributed by atoms with E-state index in [0.717, 1.165) is 18.4 Å². The van der Waals surface area contributed by atoms with Crippen LogP contribution in [0.1, 0.15) is 19.3 Å². The smallest absolute Gasteiger partial charge is 0.251 e. The highest BCUT2D eigenvalue weighted by atomic mass is 16.5. The van der Waals surface area contributed by atoms with Crippen molar-refractivity contribution < 1.29 is 9.53 Å². The second kappa shape index (κ2) is 7.92. The Balaban J connectivity index is 2.00. The maximum absolute atomic E-state index is 12.1. The molecule has 1 amide bonds. The van der Waals surface area contributed by atoms with E-state index in [1.807, 2.05) is 12.2 Å². The lowest BCUT2D eigenvalue weighted by Gasteiger charge is -2.22. The van der Waals surface area contributed by atoms with Gasteiger partial charge in [-0.2, -0.15) is 5.11 Å². The van der Waals surface area contributed by atoms with Crippen molar-refractivity contribution in [3.8, 4) is 0 Å². The van der Waals surface area contributed by atoms with Gasteiger partial charge in [0.25, 0.3) is 5.91 Å². The Labute approximate surface area is 127 Å². The van der Waals surface area contributed by atoms with Crippen molar-refractivity contribution in [2.24, 2.45) is 10.2 Å². The van der Waals surface area contributed by atoms with Crippen molar-refractivity contribution in [2.75, 3.05) is 6.73 Å². The molecule has 2 aliphatic carbocycles. The lowest BCUT2D eigenvalue weighted by molar-refractivity contribution is -0.117. The van der Waals surface area contributed by atoms with Crippen molar-refractivity contribution >= 4 is 5.91 Å². The first-order valence-electron chi connectivity index (χ1n) is 6.82. The van der Waals surface area contributed by atoms with Gasteiger partial charge in [-0.25, -0.2) is 5.53 Å². The molecule has 0 aromatic heterocycles. The number of rotatable bonds is 6. The van der Waals surface area contributed by atoms with Gasteiger partial charge in [0.15, 0.2) is 0 Å². The number of amides is 1. The van der Waals surface area contributed by atoms with Gasteiger partial charge in [0.2, 0.25) is 0 Å². The summed E-state index contributed by atoms with van der Waals surface area (Å²) in [4.78, 5) is 14.7. The van der Waals surface area contributed by atoms with Crippen molar-refractivity contribution in [2.45, 2.75) is 25.4 Å². The largest absolute Gasteiger partial charge is 0.365 e. The predicted molar refractivity (Wildman–Crippen MR) is 79.4 cm³/mol. The molecule has 114 valence electrons. The molecule has 0 heterocycles. The maximum Gasteiger partial charge on any atom is 0.251 e. The number of carbonyl (C=O) groups is 1. The van der Waals surface area contributed by atoms with Crippen LogP contribution in [0.25, 0.3) is 10.4 Å². The van der Waals surface area contributed by atoms with Gasteiger partial charge in [-0.15, -0.1) is 0 Å². The molecule has 0 aliphatic heterocycles. The van der Waals surface area contributed by atoms with Gasteiger partial charge < -0.3 is 10.1 Å². The molecule has 0 aromatic rings. The summed E-state index contributed by atoms with van der Waals surface area (Å²) >= 11 is 0. The van der Waals surface area contributed by atoms with E-state index in [2.05, 4.69) is 20.5 Å². The summed E-state index contributed by atoms with van der Waals surface area (Å²) in [5, 5.41) is 9.53. The predicted octanol–water partition coefficient (Wildman–Crippen LogP) is 3.23. The molecule has 8 nitrogen and oxygen atoms in total. The zero-order valence-corrected chi connectivity index (χ0v) is 11.9. The molecule has 2 aliphatic rings. The summed E-state index contributed by atoms with van der Waals surface area (Å²) < 4.78 is 5.36. The van der Waals surface area contributed by atoms with E-state index >= 15 is 0 Å². The Morgan fingerprint density at radius 3 is 3.05 bits per heavy atom. The molecular formula is C14H16N6O2. The van der Waals surface area contributed by atoms with E-state index in [1.165, 1.54) is 0 Å². The van der Waals surface area contributed by atoms with E-state index in [9.17, 15) is 4.79 Å². The van der Waals surface area contributed by atoms with Gasteiger partial charge in [-0.3, -0.25) is 4.79 Å². The fourth-order valence-electron chi connectivity index (χ4n) is 2.18. The molecule has 0 saturated heterocycles. The van der Waals surface area contributed by atoms with Crippen molar-refractivity contribution in [3.63, 3.8) is 0 Å². The quantitative estimate of drug-likeness (QED) is 0.444. The summed E-state index contributed by atoms with van der Waals surface area (Å²) in [6, 6.07) is 0. The molecule has 2 rings (SSSR count). The molecule has 0 saturated carbocycles. The van der Waals surface area contributed by atoms with Gasteiger partial charge in [0.05, 0.1) is 5.70 Å². The zero-order valence-electron chi connectivity index (χ0n) is 11.9. The summed E-state index contributed by atoms with van der Waals surface area (Å²) in [7, 11) is 0. The molecule has 1 unspecified atom stereocenters. The molecule has 2 N–H and O–H groups in total. The first kappa shape index (κ1) is 15.7. The number of nitrogens with one attached hydrogen (secondary N) is 2. The van der Waals surface area contributed by atoms with E-state index < -0.39 is 6.10 Å². The highest BCUT2D eigenvalue weighted by Gasteiger charge is 2.22. The SMILES string of the molecule is [N-]=[N+]=NCOC1CC(NC(=O)C2=CC=CCC2)=CC=C1N=N. The maximum atomic E-state index is 12.1. The van der Waals surface area contributed by atoms with E-state index in [-0.39, 0.29) is 12.6 Å². The Morgan fingerprint density at radius 2 is 2.36 bits per heavy atom. The van der Waals surface area contributed by atoms with Crippen LogP contribution in [0, 0.1) is 5.53 Å². The van der Waals surface area contributed by atoms with E-state index in [1.54, 1.807) is 18.2 Å². The minimum absolute atomic E-state index is 0.135. The Hall–Kier alpha value is -2.70. The average molecular weight is 300 g/mol. The van der Waals surface area contributed by atoms with Crippen LogP contribution in [0.15, 0.2) is 57.6 Å². The molecule has 0 spiro atoms. The third-order valence-electron chi connectivity index (χ3n) is 3.30. The Bertz CT molecular complexity index is 625. The van der Waals surface area contributed by atoms with E-state index in [0.29, 0.717) is 17.8 Å². The molecular weight excluding hydrogens is 284 g/mol. The topological polar surface area (TPSA) is 123 Å². The summed E-state index contributed by atoms with van der Waals surface area (Å²) in [6.45, 7) is -0.148. The summed E-state index contributed by atoms with van der Waals surface area (Å²) in [6.07, 6.45) is 10.4. The normalized spacial score (nSPS) is 20.2. The minimum atomic E-state index is -0.511. The third kappa shape index (κ3) is 4.15. The first-order valence-corrected chi connectivity index (χ1v) is 6.82. The molecule has 0 bridgehead atoms. The second-order valence-corrected chi connectivity index (χ2v) is 4.73.